The van der Waals surface area contributed by atoms with E-state index in [0.29, 0.717) is 18.4 Å². The third-order valence-corrected chi connectivity index (χ3v) is 2.65. The van der Waals surface area contributed by atoms with Gasteiger partial charge in [-0.25, -0.2) is 0 Å². The lowest BCUT2D eigenvalue weighted by molar-refractivity contribution is 0.270. The van der Waals surface area contributed by atoms with Crippen molar-refractivity contribution in [3.05, 3.63) is 30.3 Å². The Hall–Kier alpha value is -1.02. The molecule has 70 valence electrons. The summed E-state index contributed by atoms with van der Waals surface area (Å²) in [6, 6.07) is 10.2. The highest BCUT2D eigenvalue weighted by atomic mass is 16.3. The number of hydrogen-bond acceptors (Lipinski definition) is 2. The monoisotopic (exact) mass is 177 g/mol. The van der Waals surface area contributed by atoms with E-state index in [1.54, 1.807) is 0 Å². The summed E-state index contributed by atoms with van der Waals surface area (Å²) in [5.74, 6) is 1.24. The number of rotatable bonds is 4. The van der Waals surface area contributed by atoms with Crippen LogP contribution in [0.5, 0.6) is 0 Å². The zero-order valence-corrected chi connectivity index (χ0v) is 7.61. The highest BCUT2D eigenvalue weighted by molar-refractivity contribution is 5.42. The van der Waals surface area contributed by atoms with E-state index in [0.717, 1.165) is 6.54 Å². The van der Waals surface area contributed by atoms with Gasteiger partial charge in [-0.1, -0.05) is 18.2 Å². The van der Waals surface area contributed by atoms with Crippen molar-refractivity contribution >= 4 is 5.69 Å². The van der Waals surface area contributed by atoms with Crippen LogP contribution >= 0.6 is 0 Å². The van der Waals surface area contributed by atoms with Crippen LogP contribution in [0.25, 0.3) is 0 Å². The number of anilines is 1. The predicted molar refractivity (Wildman–Crippen MR) is 53.6 cm³/mol. The molecular weight excluding hydrogens is 162 g/mol. The van der Waals surface area contributed by atoms with Gasteiger partial charge >= 0.3 is 0 Å². The largest absolute Gasteiger partial charge is 0.396 e. The predicted octanol–water partition coefficient (Wildman–Crippen LogP) is 1.73. The first-order valence-electron chi connectivity index (χ1n) is 4.80. The lowest BCUT2D eigenvalue weighted by atomic mass is 10.3. The summed E-state index contributed by atoms with van der Waals surface area (Å²) in [5.41, 5.74) is 1.17. The molecule has 0 aromatic heterocycles. The summed E-state index contributed by atoms with van der Waals surface area (Å²) in [5, 5.41) is 12.2. The topological polar surface area (TPSA) is 32.3 Å². The molecular formula is C11H15NO. The number of nitrogens with one attached hydrogen (secondary N) is 1. The van der Waals surface area contributed by atoms with E-state index in [-0.39, 0.29) is 0 Å². The van der Waals surface area contributed by atoms with Gasteiger partial charge in [-0.15, -0.1) is 0 Å². The molecule has 0 radical (unpaired) electrons. The van der Waals surface area contributed by atoms with E-state index in [1.165, 1.54) is 12.1 Å². The molecule has 1 saturated carbocycles. The Balaban J connectivity index is 1.75. The molecule has 2 rings (SSSR count). The number of benzene rings is 1. The van der Waals surface area contributed by atoms with Crippen molar-refractivity contribution in [2.24, 2.45) is 11.8 Å². The minimum Gasteiger partial charge on any atom is -0.396 e. The Morgan fingerprint density at radius 1 is 1.23 bits per heavy atom. The molecule has 0 bridgehead atoms. The second-order valence-corrected chi connectivity index (χ2v) is 3.69. The smallest absolute Gasteiger partial charge is 0.0462 e. The molecule has 0 heterocycles. The third-order valence-electron chi connectivity index (χ3n) is 2.65. The second kappa shape index (κ2) is 3.79. The van der Waals surface area contributed by atoms with Crippen molar-refractivity contribution in [1.82, 2.24) is 0 Å². The molecule has 0 unspecified atom stereocenters. The minimum atomic E-state index is 0.348. The van der Waals surface area contributed by atoms with E-state index in [9.17, 15) is 0 Å². The van der Waals surface area contributed by atoms with Crippen LogP contribution in [-0.2, 0) is 0 Å². The summed E-state index contributed by atoms with van der Waals surface area (Å²) >= 11 is 0. The van der Waals surface area contributed by atoms with Crippen LogP contribution in [0.15, 0.2) is 30.3 Å². The van der Waals surface area contributed by atoms with Crippen LogP contribution in [-0.4, -0.2) is 18.3 Å². The quantitative estimate of drug-likeness (QED) is 0.734. The number of hydrogen-bond donors (Lipinski definition) is 2. The SMILES string of the molecule is OC[C@H]1C[C@@H]1CNc1ccccc1. The van der Waals surface area contributed by atoms with E-state index >= 15 is 0 Å². The molecule has 1 aromatic rings. The molecule has 13 heavy (non-hydrogen) atoms. The highest BCUT2D eigenvalue weighted by Gasteiger charge is 2.35. The van der Waals surface area contributed by atoms with Gasteiger partial charge in [-0.05, 0) is 30.4 Å². The van der Waals surface area contributed by atoms with Gasteiger partial charge in [0.2, 0.25) is 0 Å². The fourth-order valence-corrected chi connectivity index (χ4v) is 1.59. The first-order chi connectivity index (χ1) is 6.40. The molecule has 0 spiro atoms. The maximum absolute atomic E-state index is 8.85. The molecule has 2 atom stereocenters. The lowest BCUT2D eigenvalue weighted by Gasteiger charge is -2.04. The first-order valence-corrected chi connectivity index (χ1v) is 4.80. The van der Waals surface area contributed by atoms with Gasteiger partial charge < -0.3 is 10.4 Å². The maximum Gasteiger partial charge on any atom is 0.0462 e. The van der Waals surface area contributed by atoms with Crippen LogP contribution in [0.1, 0.15) is 6.42 Å². The van der Waals surface area contributed by atoms with Crippen molar-refractivity contribution in [2.75, 3.05) is 18.5 Å². The van der Waals surface area contributed by atoms with E-state index < -0.39 is 0 Å². The zero-order chi connectivity index (χ0) is 9.10. The normalized spacial score (nSPS) is 25.6. The van der Waals surface area contributed by atoms with Gasteiger partial charge in [0.25, 0.3) is 0 Å². The maximum atomic E-state index is 8.85. The van der Waals surface area contributed by atoms with Gasteiger partial charge in [-0.2, -0.15) is 0 Å². The second-order valence-electron chi connectivity index (χ2n) is 3.69. The van der Waals surface area contributed by atoms with Crippen molar-refractivity contribution in [3.8, 4) is 0 Å². The summed E-state index contributed by atoms with van der Waals surface area (Å²) in [6.07, 6.45) is 1.18. The van der Waals surface area contributed by atoms with Crippen molar-refractivity contribution in [3.63, 3.8) is 0 Å². The fourth-order valence-electron chi connectivity index (χ4n) is 1.59. The number of aliphatic hydroxyl groups excluding tert-OH is 1. The number of aliphatic hydroxyl groups is 1. The Morgan fingerprint density at radius 3 is 2.62 bits per heavy atom. The zero-order valence-electron chi connectivity index (χ0n) is 7.61. The van der Waals surface area contributed by atoms with Crippen LogP contribution in [0.4, 0.5) is 5.69 Å². The summed E-state index contributed by atoms with van der Waals surface area (Å²) in [4.78, 5) is 0. The van der Waals surface area contributed by atoms with Crippen LogP contribution in [0.2, 0.25) is 0 Å². The van der Waals surface area contributed by atoms with Crippen molar-refractivity contribution < 1.29 is 5.11 Å². The van der Waals surface area contributed by atoms with Gasteiger partial charge in [0, 0.05) is 18.8 Å². The third kappa shape index (κ3) is 2.22. The Bertz CT molecular complexity index is 260. The Morgan fingerprint density at radius 2 is 2.00 bits per heavy atom. The van der Waals surface area contributed by atoms with Crippen molar-refractivity contribution in [2.45, 2.75) is 6.42 Å². The van der Waals surface area contributed by atoms with Gasteiger partial charge in [0.1, 0.15) is 0 Å². The van der Waals surface area contributed by atoms with Crippen LogP contribution < -0.4 is 5.32 Å². The molecule has 1 fully saturated rings. The van der Waals surface area contributed by atoms with Gasteiger partial charge in [0.05, 0.1) is 0 Å². The summed E-state index contributed by atoms with van der Waals surface area (Å²) < 4.78 is 0. The lowest BCUT2D eigenvalue weighted by Crippen LogP contribution is -2.05. The van der Waals surface area contributed by atoms with Gasteiger partial charge in [0.15, 0.2) is 0 Å². The average Bonchev–Trinajstić information content (AvgIpc) is 2.95. The molecule has 0 aliphatic heterocycles. The molecule has 2 nitrogen and oxygen atoms in total. The van der Waals surface area contributed by atoms with E-state index in [4.69, 9.17) is 5.11 Å². The Kier molecular flexibility index (Phi) is 2.50. The van der Waals surface area contributed by atoms with Crippen molar-refractivity contribution in [1.29, 1.82) is 0 Å². The molecule has 2 heteroatoms. The van der Waals surface area contributed by atoms with E-state index in [1.807, 2.05) is 18.2 Å². The molecule has 0 saturated heterocycles. The van der Waals surface area contributed by atoms with Crippen LogP contribution in [0, 0.1) is 11.8 Å². The number of para-hydroxylation sites is 1. The average molecular weight is 177 g/mol. The molecule has 1 aliphatic carbocycles. The van der Waals surface area contributed by atoms with Crippen LogP contribution in [0.3, 0.4) is 0 Å². The molecule has 2 N–H and O–H groups in total. The van der Waals surface area contributed by atoms with E-state index in [2.05, 4.69) is 17.4 Å². The summed E-state index contributed by atoms with van der Waals surface area (Å²) in [6.45, 7) is 1.34. The fraction of sp³-hybridized carbons (Fsp3) is 0.455. The summed E-state index contributed by atoms with van der Waals surface area (Å²) in [7, 11) is 0. The molecule has 1 aromatic carbocycles. The van der Waals surface area contributed by atoms with Gasteiger partial charge in [-0.3, -0.25) is 0 Å². The standard InChI is InChI=1S/C11H15NO/c13-8-10-6-9(10)7-12-11-4-2-1-3-5-11/h1-5,9-10,12-13H,6-8H2/t9-,10-/m1/s1. The first kappa shape index (κ1) is 8.57. The highest BCUT2D eigenvalue weighted by Crippen LogP contribution is 2.37. The minimum absolute atomic E-state index is 0.348. The molecule has 0 amide bonds. The Labute approximate surface area is 78.6 Å². The molecule has 1 aliphatic rings.